The molecule has 2 atom stereocenters. The second kappa shape index (κ2) is 11.3. The topological polar surface area (TPSA) is 93.2 Å². The molecule has 2 amide bonds. The van der Waals surface area contributed by atoms with Gasteiger partial charge in [-0.2, -0.15) is 0 Å². The third-order valence-electron chi connectivity index (χ3n) is 6.45. The number of likely N-dealkylation sites (tertiary alicyclic amines) is 1. The summed E-state index contributed by atoms with van der Waals surface area (Å²) in [6.45, 7) is 8.28. The minimum absolute atomic E-state index is 0.0771. The van der Waals surface area contributed by atoms with Gasteiger partial charge in [0, 0.05) is 31.1 Å². The highest BCUT2D eigenvalue weighted by molar-refractivity contribution is 5.97. The molecule has 0 aromatic heterocycles. The van der Waals surface area contributed by atoms with Crippen molar-refractivity contribution in [3.05, 3.63) is 46.7 Å². The lowest BCUT2D eigenvalue weighted by Gasteiger charge is -2.37. The van der Waals surface area contributed by atoms with Crippen molar-refractivity contribution in [3.63, 3.8) is 0 Å². The van der Waals surface area contributed by atoms with Crippen LogP contribution in [0.5, 0.6) is 0 Å². The van der Waals surface area contributed by atoms with Crippen LogP contribution in [0, 0.1) is 12.8 Å². The molecule has 2 aliphatic heterocycles. The van der Waals surface area contributed by atoms with E-state index in [1.165, 1.54) is 4.90 Å². The van der Waals surface area contributed by atoms with Gasteiger partial charge < -0.3 is 19.3 Å². The van der Waals surface area contributed by atoms with Gasteiger partial charge in [0.25, 0.3) is 0 Å². The van der Waals surface area contributed by atoms with Crippen molar-refractivity contribution < 1.29 is 28.7 Å². The molecule has 1 fully saturated rings. The van der Waals surface area contributed by atoms with Gasteiger partial charge in [0.1, 0.15) is 6.54 Å². The minimum Gasteiger partial charge on any atom is -0.466 e. The second-order valence-electron chi connectivity index (χ2n) is 8.80. The van der Waals surface area contributed by atoms with Gasteiger partial charge in [-0.3, -0.25) is 14.4 Å². The molecule has 0 radical (unpaired) electrons. The highest BCUT2D eigenvalue weighted by Gasteiger charge is 2.38. The van der Waals surface area contributed by atoms with Crippen molar-refractivity contribution in [2.24, 2.45) is 5.92 Å². The molecule has 0 spiro atoms. The number of rotatable bonds is 7. The average molecular weight is 471 g/mol. The van der Waals surface area contributed by atoms with Crippen LogP contribution in [0.4, 0.5) is 0 Å². The molecule has 1 aromatic carbocycles. The summed E-state index contributed by atoms with van der Waals surface area (Å²) in [5.41, 5.74) is 2.75. The average Bonchev–Trinajstić information content (AvgIpc) is 2.81. The first-order valence-corrected chi connectivity index (χ1v) is 12.0. The Labute approximate surface area is 200 Å². The number of hydrogen-bond acceptors (Lipinski definition) is 6. The van der Waals surface area contributed by atoms with E-state index in [1.54, 1.807) is 25.7 Å². The smallest absolute Gasteiger partial charge is 0.336 e. The molecule has 1 saturated heterocycles. The highest BCUT2D eigenvalue weighted by atomic mass is 16.5. The summed E-state index contributed by atoms with van der Waals surface area (Å²) < 4.78 is 10.4. The monoisotopic (exact) mass is 470 g/mol. The number of ether oxygens (including phenoxy) is 2. The Balaban J connectivity index is 1.85. The van der Waals surface area contributed by atoms with E-state index in [-0.39, 0.29) is 49.8 Å². The molecular weight excluding hydrogens is 436 g/mol. The van der Waals surface area contributed by atoms with Crippen molar-refractivity contribution in [2.45, 2.75) is 52.9 Å². The summed E-state index contributed by atoms with van der Waals surface area (Å²) in [5.74, 6) is -2.02. The number of allylic oxidation sites excluding steroid dienone is 1. The normalized spacial score (nSPS) is 20.9. The zero-order chi connectivity index (χ0) is 24.8. The molecule has 2 aliphatic rings. The van der Waals surface area contributed by atoms with Crippen LogP contribution in [0.15, 0.2) is 35.5 Å². The van der Waals surface area contributed by atoms with Gasteiger partial charge in [0.2, 0.25) is 11.8 Å². The van der Waals surface area contributed by atoms with Crippen LogP contribution in [-0.4, -0.2) is 66.4 Å². The van der Waals surface area contributed by atoms with E-state index in [4.69, 9.17) is 9.47 Å². The fraction of sp³-hybridized carbons (Fsp3) is 0.538. The van der Waals surface area contributed by atoms with Gasteiger partial charge in [0.15, 0.2) is 0 Å². The number of esters is 2. The Morgan fingerprint density at radius 2 is 1.82 bits per heavy atom. The zero-order valence-electron chi connectivity index (χ0n) is 20.5. The molecule has 8 nitrogen and oxygen atoms in total. The van der Waals surface area contributed by atoms with Gasteiger partial charge >= 0.3 is 11.9 Å². The third kappa shape index (κ3) is 5.66. The maximum Gasteiger partial charge on any atom is 0.336 e. The lowest BCUT2D eigenvalue weighted by molar-refractivity contribution is -0.152. The predicted molar refractivity (Wildman–Crippen MR) is 126 cm³/mol. The highest BCUT2D eigenvalue weighted by Crippen LogP contribution is 2.37. The van der Waals surface area contributed by atoms with E-state index in [0.29, 0.717) is 37.3 Å². The Hall–Kier alpha value is -3.16. The van der Waals surface area contributed by atoms with Crippen LogP contribution in [0.2, 0.25) is 0 Å². The fourth-order valence-electron chi connectivity index (χ4n) is 4.74. The predicted octanol–water partition coefficient (Wildman–Crippen LogP) is 2.95. The van der Waals surface area contributed by atoms with Gasteiger partial charge in [0.05, 0.1) is 24.7 Å². The number of carbonyl (C=O) groups excluding carboxylic acids is 4. The summed E-state index contributed by atoms with van der Waals surface area (Å²) in [4.78, 5) is 54.4. The maximum absolute atomic E-state index is 13.2. The van der Waals surface area contributed by atoms with Crippen molar-refractivity contribution in [1.82, 2.24) is 9.80 Å². The summed E-state index contributed by atoms with van der Waals surface area (Å²) in [7, 11) is 0. The van der Waals surface area contributed by atoms with Crippen LogP contribution < -0.4 is 0 Å². The Bertz CT molecular complexity index is 985. The number of carbonyl (C=O) groups is 4. The quantitative estimate of drug-likeness (QED) is 0.569. The molecule has 0 aliphatic carbocycles. The van der Waals surface area contributed by atoms with Crippen LogP contribution in [0.1, 0.15) is 57.1 Å². The molecule has 3 rings (SSSR count). The van der Waals surface area contributed by atoms with Crippen molar-refractivity contribution in [3.8, 4) is 0 Å². The Morgan fingerprint density at radius 3 is 2.50 bits per heavy atom. The molecule has 0 saturated carbocycles. The zero-order valence-corrected chi connectivity index (χ0v) is 20.5. The van der Waals surface area contributed by atoms with E-state index >= 15 is 0 Å². The third-order valence-corrected chi connectivity index (χ3v) is 6.45. The minimum atomic E-state index is -0.475. The van der Waals surface area contributed by atoms with E-state index in [0.717, 1.165) is 11.1 Å². The van der Waals surface area contributed by atoms with Crippen molar-refractivity contribution >= 4 is 23.8 Å². The van der Waals surface area contributed by atoms with E-state index < -0.39 is 11.9 Å². The van der Waals surface area contributed by atoms with E-state index in [1.807, 2.05) is 31.2 Å². The van der Waals surface area contributed by atoms with E-state index in [2.05, 4.69) is 0 Å². The van der Waals surface area contributed by atoms with Crippen molar-refractivity contribution in [2.75, 3.05) is 32.8 Å². The summed E-state index contributed by atoms with van der Waals surface area (Å²) in [5, 5.41) is 0. The van der Waals surface area contributed by atoms with Crippen LogP contribution in [0.3, 0.4) is 0 Å². The largest absolute Gasteiger partial charge is 0.466 e. The first kappa shape index (κ1) is 25.5. The molecule has 34 heavy (non-hydrogen) atoms. The Kier molecular flexibility index (Phi) is 8.47. The SMILES string of the molecule is CCOC(=O)C1=C(C)N(CC(=O)N2CCCC(C(=O)OCC)C2)C(=O)CC1c1cccc(C)c1. The van der Waals surface area contributed by atoms with Crippen LogP contribution >= 0.6 is 0 Å². The number of amides is 2. The molecule has 0 N–H and O–H groups in total. The van der Waals surface area contributed by atoms with Crippen molar-refractivity contribution in [1.29, 1.82) is 0 Å². The second-order valence-corrected chi connectivity index (χ2v) is 8.80. The maximum atomic E-state index is 13.2. The van der Waals surface area contributed by atoms with Gasteiger partial charge in [-0.1, -0.05) is 29.8 Å². The van der Waals surface area contributed by atoms with E-state index in [9.17, 15) is 19.2 Å². The molecule has 0 bridgehead atoms. The summed E-state index contributed by atoms with van der Waals surface area (Å²) in [6, 6.07) is 7.73. The molecule has 2 heterocycles. The van der Waals surface area contributed by atoms with Gasteiger partial charge in [-0.15, -0.1) is 0 Å². The van der Waals surface area contributed by atoms with Gasteiger partial charge in [-0.05, 0) is 46.1 Å². The fourth-order valence-corrected chi connectivity index (χ4v) is 4.74. The molecular formula is C26H34N2O6. The van der Waals surface area contributed by atoms with Crippen LogP contribution in [-0.2, 0) is 28.7 Å². The summed E-state index contributed by atoms with van der Waals surface area (Å²) in [6.07, 6.45) is 1.45. The first-order valence-electron chi connectivity index (χ1n) is 12.0. The number of aryl methyl sites for hydroxylation is 1. The molecule has 1 aromatic rings. The number of benzene rings is 1. The molecule has 2 unspecified atom stereocenters. The molecule has 184 valence electrons. The summed E-state index contributed by atoms with van der Waals surface area (Å²) >= 11 is 0. The number of piperidine rings is 1. The lowest BCUT2D eigenvalue weighted by Crippen LogP contribution is -2.49. The van der Waals surface area contributed by atoms with Crippen LogP contribution in [0.25, 0.3) is 0 Å². The standard InChI is InChI=1S/C26H34N2O6/c1-5-33-25(31)20-11-8-12-27(15-20)23(30)16-28-18(4)24(26(32)34-6-2)21(14-22(28)29)19-10-7-9-17(3)13-19/h7,9-10,13,20-21H,5-6,8,11-12,14-16H2,1-4H3. The lowest BCUT2D eigenvalue weighted by atomic mass is 9.83. The van der Waals surface area contributed by atoms with Gasteiger partial charge in [-0.25, -0.2) is 4.79 Å². The number of nitrogens with zero attached hydrogens (tertiary/aromatic N) is 2. The molecule has 8 heteroatoms. The Morgan fingerprint density at radius 1 is 1.09 bits per heavy atom. The first-order chi connectivity index (χ1) is 16.3. The number of hydrogen-bond donors (Lipinski definition) is 0.